The highest BCUT2D eigenvalue weighted by Crippen LogP contribution is 2.30. The van der Waals surface area contributed by atoms with Crippen LogP contribution >= 0.6 is 0 Å². The Morgan fingerprint density at radius 3 is 2.79 bits per heavy atom. The Labute approximate surface area is 163 Å². The number of hydrogen-bond donors (Lipinski definition) is 1. The second kappa shape index (κ2) is 7.96. The smallest absolute Gasteiger partial charge is 0.255 e. The number of amides is 3. The lowest BCUT2D eigenvalue weighted by Gasteiger charge is -2.29. The number of nitrogens with one attached hydrogen (secondary N) is 1. The van der Waals surface area contributed by atoms with Crippen LogP contribution in [0.15, 0.2) is 36.7 Å². The number of unbranched alkanes of at least 4 members (excludes halogenated alkanes) is 2. The molecule has 146 valence electrons. The van der Waals surface area contributed by atoms with Gasteiger partial charge in [-0.25, -0.2) is 0 Å². The number of fused-ring (bicyclic) bond motifs is 1. The third-order valence-electron chi connectivity index (χ3n) is 5.57. The van der Waals surface area contributed by atoms with Crippen molar-refractivity contribution in [2.24, 2.45) is 0 Å². The first kappa shape index (κ1) is 18.4. The molecule has 0 radical (unpaired) electrons. The van der Waals surface area contributed by atoms with E-state index in [4.69, 9.17) is 0 Å². The second-order valence-corrected chi connectivity index (χ2v) is 7.42. The molecular weight excluding hydrogens is 356 g/mol. The van der Waals surface area contributed by atoms with Crippen molar-refractivity contribution in [2.75, 3.05) is 0 Å². The van der Waals surface area contributed by atoms with Gasteiger partial charge in [0.25, 0.3) is 5.91 Å². The Morgan fingerprint density at radius 2 is 2.00 bits per heavy atom. The average molecular weight is 380 g/mol. The average Bonchev–Trinajstić information content (AvgIpc) is 3.31. The molecule has 3 heterocycles. The summed E-state index contributed by atoms with van der Waals surface area (Å²) in [5.74, 6) is -0.733. The molecule has 0 saturated carbocycles. The molecular formula is C21H24N4O3. The van der Waals surface area contributed by atoms with Crippen LogP contribution in [0.4, 0.5) is 0 Å². The Balaban J connectivity index is 1.37. The monoisotopic (exact) mass is 380 g/mol. The number of carbonyl (C=O) groups excluding carboxylic acids is 3. The minimum Gasteiger partial charge on any atom is -0.322 e. The van der Waals surface area contributed by atoms with Crippen LogP contribution in [0.2, 0.25) is 0 Å². The maximum absolute atomic E-state index is 12.8. The molecule has 1 N–H and O–H groups in total. The second-order valence-electron chi connectivity index (χ2n) is 7.42. The molecule has 0 spiro atoms. The summed E-state index contributed by atoms with van der Waals surface area (Å²) in [6, 6.07) is 7.21. The number of carbonyl (C=O) groups is 3. The molecule has 1 atom stereocenters. The molecule has 4 rings (SSSR count). The quantitative estimate of drug-likeness (QED) is 0.589. The maximum Gasteiger partial charge on any atom is 0.255 e. The fourth-order valence-corrected chi connectivity index (χ4v) is 4.08. The lowest BCUT2D eigenvalue weighted by molar-refractivity contribution is -0.136. The van der Waals surface area contributed by atoms with Gasteiger partial charge in [0.15, 0.2) is 0 Å². The predicted octanol–water partition coefficient (Wildman–Crippen LogP) is 2.06. The number of aryl methyl sites for hydroxylation is 2. The number of aromatic nitrogens is 2. The zero-order valence-corrected chi connectivity index (χ0v) is 15.8. The predicted molar refractivity (Wildman–Crippen MR) is 102 cm³/mol. The number of imide groups is 1. The van der Waals surface area contributed by atoms with Crippen molar-refractivity contribution >= 4 is 17.7 Å². The van der Waals surface area contributed by atoms with Crippen molar-refractivity contribution in [3.05, 3.63) is 53.3 Å². The van der Waals surface area contributed by atoms with E-state index in [1.54, 1.807) is 11.1 Å². The molecule has 0 aliphatic carbocycles. The van der Waals surface area contributed by atoms with E-state index < -0.39 is 6.04 Å². The molecule has 1 aromatic carbocycles. The highest BCUT2D eigenvalue weighted by molar-refractivity contribution is 6.05. The van der Waals surface area contributed by atoms with Crippen LogP contribution in [0.25, 0.3) is 0 Å². The molecule has 7 heteroatoms. The van der Waals surface area contributed by atoms with Gasteiger partial charge in [-0.05, 0) is 48.9 Å². The molecule has 2 aliphatic rings. The molecule has 2 aromatic rings. The van der Waals surface area contributed by atoms with Gasteiger partial charge in [-0.3, -0.25) is 24.4 Å². The summed E-state index contributed by atoms with van der Waals surface area (Å²) in [4.78, 5) is 38.0. The zero-order chi connectivity index (χ0) is 19.5. The maximum atomic E-state index is 12.8. The molecule has 1 unspecified atom stereocenters. The Hall–Kier alpha value is -2.96. The van der Waals surface area contributed by atoms with Crippen molar-refractivity contribution < 1.29 is 14.4 Å². The van der Waals surface area contributed by atoms with Crippen LogP contribution < -0.4 is 5.32 Å². The van der Waals surface area contributed by atoms with Gasteiger partial charge in [0.1, 0.15) is 6.04 Å². The van der Waals surface area contributed by atoms with E-state index >= 15 is 0 Å². The summed E-state index contributed by atoms with van der Waals surface area (Å²) in [6.45, 7) is 1.37. The van der Waals surface area contributed by atoms with Gasteiger partial charge in [-0.1, -0.05) is 18.6 Å². The molecule has 1 saturated heterocycles. The highest BCUT2D eigenvalue weighted by atomic mass is 16.2. The molecule has 3 amide bonds. The minimum atomic E-state index is -0.556. The fraction of sp³-hybridized carbons (Fsp3) is 0.429. The van der Waals surface area contributed by atoms with E-state index in [2.05, 4.69) is 16.5 Å². The van der Waals surface area contributed by atoms with E-state index in [9.17, 15) is 14.4 Å². The standard InChI is InChI=1S/C21H24N4O3/c26-19-10-9-18(20(27)23-19)25-14-17-15(7-4-8-16(17)21(25)28)6-2-1-3-12-24-13-5-11-22-24/h4-5,7-8,11,13,18H,1-3,6,9-10,12,14H2,(H,23,26,27). The van der Waals surface area contributed by atoms with Crippen molar-refractivity contribution in [1.29, 1.82) is 0 Å². The molecule has 0 bridgehead atoms. The summed E-state index contributed by atoms with van der Waals surface area (Å²) in [7, 11) is 0. The molecule has 28 heavy (non-hydrogen) atoms. The van der Waals surface area contributed by atoms with E-state index in [1.165, 1.54) is 5.56 Å². The largest absolute Gasteiger partial charge is 0.322 e. The fourth-order valence-electron chi connectivity index (χ4n) is 4.08. The van der Waals surface area contributed by atoms with Crippen LogP contribution in [-0.4, -0.2) is 38.4 Å². The van der Waals surface area contributed by atoms with Crippen LogP contribution in [0.3, 0.4) is 0 Å². The normalized spacial score (nSPS) is 19.1. The number of nitrogens with zero attached hydrogens (tertiary/aromatic N) is 3. The molecule has 2 aliphatic heterocycles. The Kier molecular flexibility index (Phi) is 5.23. The lowest BCUT2D eigenvalue weighted by Crippen LogP contribution is -2.52. The molecule has 1 aromatic heterocycles. The van der Waals surface area contributed by atoms with Crippen LogP contribution in [0.5, 0.6) is 0 Å². The summed E-state index contributed by atoms with van der Waals surface area (Å²) < 4.78 is 1.94. The SMILES string of the molecule is O=C1CCC(N2Cc3c(CCCCCn4cccn4)cccc3C2=O)C(=O)N1. The van der Waals surface area contributed by atoms with Gasteiger partial charge in [0.05, 0.1) is 0 Å². The van der Waals surface area contributed by atoms with Gasteiger partial charge in [0.2, 0.25) is 11.8 Å². The van der Waals surface area contributed by atoms with Gasteiger partial charge < -0.3 is 4.90 Å². The lowest BCUT2D eigenvalue weighted by atomic mass is 9.98. The Morgan fingerprint density at radius 1 is 1.11 bits per heavy atom. The first-order chi connectivity index (χ1) is 13.6. The van der Waals surface area contributed by atoms with Gasteiger partial charge >= 0.3 is 0 Å². The highest BCUT2D eigenvalue weighted by Gasteiger charge is 2.39. The summed E-state index contributed by atoms with van der Waals surface area (Å²) >= 11 is 0. The van der Waals surface area contributed by atoms with Crippen LogP contribution in [0.1, 0.15) is 53.6 Å². The van der Waals surface area contributed by atoms with E-state index in [1.807, 2.05) is 29.1 Å². The number of benzene rings is 1. The topological polar surface area (TPSA) is 84.3 Å². The third-order valence-corrected chi connectivity index (χ3v) is 5.57. The van der Waals surface area contributed by atoms with Crippen molar-refractivity contribution in [3.63, 3.8) is 0 Å². The summed E-state index contributed by atoms with van der Waals surface area (Å²) in [5, 5.41) is 6.56. The number of hydrogen-bond acceptors (Lipinski definition) is 4. The minimum absolute atomic E-state index is 0.106. The van der Waals surface area contributed by atoms with Crippen molar-refractivity contribution in [1.82, 2.24) is 20.0 Å². The number of piperidine rings is 1. The third kappa shape index (κ3) is 3.69. The molecule has 1 fully saturated rings. The zero-order valence-electron chi connectivity index (χ0n) is 15.8. The van der Waals surface area contributed by atoms with Crippen molar-refractivity contribution in [3.8, 4) is 0 Å². The first-order valence-electron chi connectivity index (χ1n) is 9.86. The van der Waals surface area contributed by atoms with Gasteiger partial charge in [-0.15, -0.1) is 0 Å². The summed E-state index contributed by atoms with van der Waals surface area (Å²) in [5.41, 5.74) is 2.91. The Bertz CT molecular complexity index is 891. The first-order valence-corrected chi connectivity index (χ1v) is 9.86. The van der Waals surface area contributed by atoms with E-state index in [-0.39, 0.29) is 24.1 Å². The van der Waals surface area contributed by atoms with Gasteiger partial charge in [-0.2, -0.15) is 5.10 Å². The number of rotatable bonds is 7. The van der Waals surface area contributed by atoms with E-state index in [0.717, 1.165) is 37.8 Å². The van der Waals surface area contributed by atoms with Crippen molar-refractivity contribution in [2.45, 2.75) is 57.7 Å². The van der Waals surface area contributed by atoms with Crippen LogP contribution in [-0.2, 0) is 29.1 Å². The molecule has 7 nitrogen and oxygen atoms in total. The summed E-state index contributed by atoms with van der Waals surface area (Å²) in [6.07, 6.45) is 8.56. The van der Waals surface area contributed by atoms with Crippen LogP contribution in [0, 0.1) is 0 Å². The van der Waals surface area contributed by atoms with E-state index in [0.29, 0.717) is 18.5 Å². The van der Waals surface area contributed by atoms with Gasteiger partial charge in [0, 0.05) is 37.5 Å².